The maximum Gasteiger partial charge on any atom is 0.220 e. The summed E-state index contributed by atoms with van der Waals surface area (Å²) >= 11 is 1.67. The lowest BCUT2D eigenvalue weighted by Crippen LogP contribution is -2.25. The number of amides is 1. The number of nitrogens with zero attached hydrogens (tertiary/aromatic N) is 2. The molecule has 0 aliphatic rings. The van der Waals surface area contributed by atoms with E-state index in [1.807, 2.05) is 16.1 Å². The van der Waals surface area contributed by atoms with Crippen LogP contribution in [0.2, 0.25) is 0 Å². The molecule has 1 N–H and O–H groups in total. The van der Waals surface area contributed by atoms with Crippen LogP contribution in [0.5, 0.6) is 0 Å². The Hall–Kier alpha value is -1.62. The molecule has 2 aromatic heterocycles. The molecule has 4 nitrogen and oxygen atoms in total. The molecule has 0 aromatic carbocycles. The Labute approximate surface area is 111 Å². The molecular weight excluding hydrogens is 246 g/mol. The minimum Gasteiger partial charge on any atom is -0.356 e. The lowest BCUT2D eigenvalue weighted by molar-refractivity contribution is -0.121. The van der Waals surface area contributed by atoms with Crippen molar-refractivity contribution in [2.24, 2.45) is 0 Å². The quantitative estimate of drug-likeness (QED) is 0.777. The van der Waals surface area contributed by atoms with Crippen molar-refractivity contribution in [3.63, 3.8) is 0 Å². The number of thiophene rings is 1. The Morgan fingerprint density at radius 1 is 1.50 bits per heavy atom. The minimum atomic E-state index is 0.131. The number of imidazole rings is 1. The van der Waals surface area contributed by atoms with Gasteiger partial charge in [0.15, 0.2) is 0 Å². The van der Waals surface area contributed by atoms with Crippen molar-refractivity contribution in [3.05, 3.63) is 41.1 Å². The molecule has 2 aromatic rings. The van der Waals surface area contributed by atoms with Gasteiger partial charge in [0, 0.05) is 31.9 Å². The van der Waals surface area contributed by atoms with Gasteiger partial charge in [0.25, 0.3) is 0 Å². The molecule has 0 spiro atoms. The van der Waals surface area contributed by atoms with E-state index in [1.54, 1.807) is 23.9 Å². The van der Waals surface area contributed by atoms with Crippen LogP contribution in [0.1, 0.15) is 18.4 Å². The van der Waals surface area contributed by atoms with E-state index in [0.717, 1.165) is 25.9 Å². The van der Waals surface area contributed by atoms with Gasteiger partial charge in [-0.05, 0) is 35.2 Å². The van der Waals surface area contributed by atoms with Crippen LogP contribution in [0.3, 0.4) is 0 Å². The van der Waals surface area contributed by atoms with Crippen molar-refractivity contribution in [2.45, 2.75) is 25.8 Å². The van der Waals surface area contributed by atoms with Crippen LogP contribution in [0.4, 0.5) is 0 Å². The predicted octanol–water partition coefficient (Wildman–Crippen LogP) is 2.08. The Morgan fingerprint density at radius 3 is 3.17 bits per heavy atom. The van der Waals surface area contributed by atoms with Gasteiger partial charge >= 0.3 is 0 Å². The molecular formula is C13H17N3OS. The fraction of sp³-hybridized carbons (Fsp3) is 0.385. The van der Waals surface area contributed by atoms with Gasteiger partial charge in [-0.15, -0.1) is 0 Å². The molecule has 5 heteroatoms. The highest BCUT2D eigenvalue weighted by Crippen LogP contribution is 2.08. The van der Waals surface area contributed by atoms with Gasteiger partial charge in [-0.25, -0.2) is 4.98 Å². The third kappa shape index (κ3) is 4.33. The maximum absolute atomic E-state index is 11.6. The lowest BCUT2D eigenvalue weighted by atomic mass is 10.2. The van der Waals surface area contributed by atoms with Crippen LogP contribution < -0.4 is 5.32 Å². The van der Waals surface area contributed by atoms with Gasteiger partial charge in [0.1, 0.15) is 0 Å². The van der Waals surface area contributed by atoms with Crippen LogP contribution in [-0.4, -0.2) is 22.0 Å². The topological polar surface area (TPSA) is 46.9 Å². The molecule has 2 rings (SSSR count). The molecule has 0 unspecified atom stereocenters. The molecule has 96 valence electrons. The van der Waals surface area contributed by atoms with Crippen molar-refractivity contribution in [1.29, 1.82) is 0 Å². The van der Waals surface area contributed by atoms with Crippen LogP contribution >= 0.6 is 11.3 Å². The molecule has 1 amide bonds. The van der Waals surface area contributed by atoms with Crippen LogP contribution in [0.15, 0.2) is 35.5 Å². The van der Waals surface area contributed by atoms with Crippen molar-refractivity contribution >= 4 is 17.2 Å². The number of rotatable bonds is 7. The number of hydrogen-bond acceptors (Lipinski definition) is 3. The second kappa shape index (κ2) is 6.96. The summed E-state index contributed by atoms with van der Waals surface area (Å²) in [6.07, 6.45) is 7.81. The van der Waals surface area contributed by atoms with Gasteiger partial charge in [-0.3, -0.25) is 4.79 Å². The van der Waals surface area contributed by atoms with Gasteiger partial charge < -0.3 is 9.88 Å². The zero-order chi connectivity index (χ0) is 12.6. The summed E-state index contributed by atoms with van der Waals surface area (Å²) in [6.45, 7) is 1.62. The minimum absolute atomic E-state index is 0.131. The SMILES string of the molecule is O=C(CCc1ccsc1)NCCCn1ccnc1. The van der Waals surface area contributed by atoms with E-state index in [4.69, 9.17) is 0 Å². The summed E-state index contributed by atoms with van der Waals surface area (Å²) in [7, 11) is 0. The van der Waals surface area contributed by atoms with E-state index in [1.165, 1.54) is 5.56 Å². The molecule has 18 heavy (non-hydrogen) atoms. The first-order valence-electron chi connectivity index (χ1n) is 6.08. The summed E-state index contributed by atoms with van der Waals surface area (Å²) in [5, 5.41) is 7.07. The number of carbonyl (C=O) groups excluding carboxylic acids is 1. The summed E-state index contributed by atoms with van der Waals surface area (Å²) in [5.74, 6) is 0.131. The largest absolute Gasteiger partial charge is 0.356 e. The smallest absolute Gasteiger partial charge is 0.220 e. The first-order valence-corrected chi connectivity index (χ1v) is 7.02. The van der Waals surface area contributed by atoms with Crippen molar-refractivity contribution in [2.75, 3.05) is 6.54 Å². The molecule has 0 radical (unpaired) electrons. The molecule has 0 atom stereocenters. The summed E-state index contributed by atoms with van der Waals surface area (Å²) in [5.41, 5.74) is 1.24. The number of hydrogen-bond donors (Lipinski definition) is 1. The second-order valence-electron chi connectivity index (χ2n) is 4.14. The first-order chi connectivity index (χ1) is 8.84. The molecule has 2 heterocycles. The van der Waals surface area contributed by atoms with Gasteiger partial charge in [0.2, 0.25) is 5.91 Å². The van der Waals surface area contributed by atoms with E-state index >= 15 is 0 Å². The fourth-order valence-corrected chi connectivity index (χ4v) is 2.39. The van der Waals surface area contributed by atoms with E-state index in [-0.39, 0.29) is 5.91 Å². The molecule has 0 fully saturated rings. The summed E-state index contributed by atoms with van der Waals surface area (Å²) in [4.78, 5) is 15.5. The van der Waals surface area contributed by atoms with Crippen molar-refractivity contribution in [1.82, 2.24) is 14.9 Å². The molecule has 0 aliphatic carbocycles. The maximum atomic E-state index is 11.6. The van der Waals surface area contributed by atoms with E-state index in [0.29, 0.717) is 6.42 Å². The van der Waals surface area contributed by atoms with E-state index < -0.39 is 0 Å². The number of aromatic nitrogens is 2. The third-order valence-electron chi connectivity index (χ3n) is 2.70. The Balaban J connectivity index is 1.55. The van der Waals surface area contributed by atoms with Gasteiger partial charge in [0.05, 0.1) is 6.33 Å². The van der Waals surface area contributed by atoms with Crippen LogP contribution in [0, 0.1) is 0 Å². The lowest BCUT2D eigenvalue weighted by Gasteiger charge is -2.05. The van der Waals surface area contributed by atoms with Crippen molar-refractivity contribution < 1.29 is 4.79 Å². The molecule has 0 saturated heterocycles. The molecule has 0 bridgehead atoms. The summed E-state index contributed by atoms with van der Waals surface area (Å²) < 4.78 is 2.01. The normalized spacial score (nSPS) is 10.4. The third-order valence-corrected chi connectivity index (χ3v) is 3.43. The Kier molecular flexibility index (Phi) is 4.96. The fourth-order valence-electron chi connectivity index (χ4n) is 1.69. The highest BCUT2D eigenvalue weighted by atomic mass is 32.1. The average molecular weight is 263 g/mol. The highest BCUT2D eigenvalue weighted by Gasteiger charge is 2.01. The Morgan fingerprint density at radius 2 is 2.44 bits per heavy atom. The summed E-state index contributed by atoms with van der Waals surface area (Å²) in [6, 6.07) is 2.07. The Bertz CT molecular complexity index is 451. The molecule has 0 aliphatic heterocycles. The van der Waals surface area contributed by atoms with Crippen LogP contribution in [-0.2, 0) is 17.8 Å². The standard InChI is InChI=1S/C13H17N3OS/c17-13(3-2-12-4-9-18-10-12)15-5-1-7-16-8-6-14-11-16/h4,6,8-11H,1-3,5,7H2,(H,15,17). The number of nitrogens with one attached hydrogen (secondary N) is 1. The second-order valence-corrected chi connectivity index (χ2v) is 4.92. The number of carbonyl (C=O) groups is 1. The first kappa shape index (κ1) is 12.8. The van der Waals surface area contributed by atoms with Gasteiger partial charge in [-0.2, -0.15) is 11.3 Å². The van der Waals surface area contributed by atoms with Gasteiger partial charge in [-0.1, -0.05) is 0 Å². The monoisotopic (exact) mass is 263 g/mol. The van der Waals surface area contributed by atoms with Crippen LogP contribution in [0.25, 0.3) is 0 Å². The zero-order valence-electron chi connectivity index (χ0n) is 10.2. The predicted molar refractivity (Wildman–Crippen MR) is 72.5 cm³/mol. The number of aryl methyl sites for hydroxylation is 2. The average Bonchev–Trinajstić information content (AvgIpc) is 3.04. The highest BCUT2D eigenvalue weighted by molar-refractivity contribution is 7.07. The van der Waals surface area contributed by atoms with E-state index in [2.05, 4.69) is 21.7 Å². The zero-order valence-corrected chi connectivity index (χ0v) is 11.0. The van der Waals surface area contributed by atoms with E-state index in [9.17, 15) is 4.79 Å². The molecule has 0 saturated carbocycles. The van der Waals surface area contributed by atoms with Crippen molar-refractivity contribution in [3.8, 4) is 0 Å².